The van der Waals surface area contributed by atoms with Gasteiger partial charge in [0.2, 0.25) is 0 Å². The fourth-order valence-corrected chi connectivity index (χ4v) is 1.95. The van der Waals surface area contributed by atoms with E-state index in [1.807, 2.05) is 44.2 Å². The van der Waals surface area contributed by atoms with Crippen LogP contribution in [0.2, 0.25) is 0 Å². The first kappa shape index (κ1) is 18.4. The van der Waals surface area contributed by atoms with E-state index < -0.39 is 11.9 Å². The Balaban J connectivity index is 0.00000324. The Bertz CT molecular complexity index is 401. The van der Waals surface area contributed by atoms with Crippen molar-refractivity contribution in [3.8, 4) is 0 Å². The van der Waals surface area contributed by atoms with Gasteiger partial charge in [0.15, 0.2) is 0 Å². The predicted molar refractivity (Wildman–Crippen MR) is 67.7 cm³/mol. The molecule has 0 heterocycles. The topological polar surface area (TPSA) is 57.2 Å². The second-order valence-electron chi connectivity index (χ2n) is 5.05. The molecule has 19 heavy (non-hydrogen) atoms. The second kappa shape index (κ2) is 9.29. The molecule has 0 radical (unpaired) electrons. The second-order valence-corrected chi connectivity index (χ2v) is 5.05. The van der Waals surface area contributed by atoms with Crippen molar-refractivity contribution in [3.05, 3.63) is 35.9 Å². The van der Waals surface area contributed by atoms with Gasteiger partial charge in [-0.15, -0.1) is 0 Å². The average molecular weight is 270 g/mol. The summed E-state index contributed by atoms with van der Waals surface area (Å²) in [6.07, 6.45) is 0.848. The van der Waals surface area contributed by atoms with Gasteiger partial charge in [-0.1, -0.05) is 44.2 Å². The van der Waals surface area contributed by atoms with Crippen molar-refractivity contribution < 1.29 is 44.3 Å². The van der Waals surface area contributed by atoms with E-state index in [4.69, 9.17) is 0 Å². The number of carboxylic acids is 1. The van der Waals surface area contributed by atoms with Crippen molar-refractivity contribution >= 4 is 11.8 Å². The SMILES string of the molecule is CC(C)CC(=O)CC(Cc1ccccc1)C(=O)[O-].[Na+]. The average Bonchev–Trinajstić information content (AvgIpc) is 2.28. The minimum atomic E-state index is -1.14. The molecule has 0 amide bonds. The van der Waals surface area contributed by atoms with Crippen molar-refractivity contribution in [2.45, 2.75) is 33.1 Å². The van der Waals surface area contributed by atoms with Crippen LogP contribution in [-0.4, -0.2) is 11.8 Å². The van der Waals surface area contributed by atoms with E-state index in [1.165, 1.54) is 0 Å². The van der Waals surface area contributed by atoms with E-state index in [-0.39, 0.29) is 47.7 Å². The minimum absolute atomic E-state index is 0. The molecule has 1 aromatic rings. The van der Waals surface area contributed by atoms with Gasteiger partial charge in [-0.25, -0.2) is 0 Å². The molecule has 0 N–H and O–H groups in total. The van der Waals surface area contributed by atoms with Crippen LogP contribution in [0.15, 0.2) is 30.3 Å². The van der Waals surface area contributed by atoms with Crippen LogP contribution in [0, 0.1) is 11.8 Å². The molecule has 0 aliphatic carbocycles. The molecular weight excluding hydrogens is 251 g/mol. The van der Waals surface area contributed by atoms with Gasteiger partial charge in [-0.2, -0.15) is 0 Å². The molecule has 1 atom stereocenters. The molecule has 0 fully saturated rings. The Kier molecular flexibility index (Phi) is 8.98. The summed E-state index contributed by atoms with van der Waals surface area (Å²) in [5, 5.41) is 11.1. The molecular formula is C15H19NaO3. The van der Waals surface area contributed by atoms with Gasteiger partial charge < -0.3 is 9.90 Å². The zero-order valence-electron chi connectivity index (χ0n) is 11.9. The smallest absolute Gasteiger partial charge is 0.550 e. The number of carboxylic acid groups (broad SMARTS) is 1. The summed E-state index contributed by atoms with van der Waals surface area (Å²) >= 11 is 0. The third-order valence-electron chi connectivity index (χ3n) is 2.77. The quantitative estimate of drug-likeness (QED) is 0.573. The number of rotatable bonds is 7. The van der Waals surface area contributed by atoms with Crippen LogP contribution >= 0.6 is 0 Å². The number of carbonyl (C=O) groups excluding carboxylic acids is 2. The van der Waals surface area contributed by atoms with Crippen LogP contribution < -0.4 is 34.7 Å². The maximum Gasteiger partial charge on any atom is 1.00 e. The van der Waals surface area contributed by atoms with E-state index >= 15 is 0 Å². The van der Waals surface area contributed by atoms with E-state index in [1.54, 1.807) is 0 Å². The summed E-state index contributed by atoms with van der Waals surface area (Å²) < 4.78 is 0. The van der Waals surface area contributed by atoms with Gasteiger partial charge in [0.05, 0.1) is 0 Å². The minimum Gasteiger partial charge on any atom is -0.550 e. The molecule has 0 bridgehead atoms. The van der Waals surface area contributed by atoms with Gasteiger partial charge in [0.1, 0.15) is 5.78 Å². The first-order valence-electron chi connectivity index (χ1n) is 6.25. The van der Waals surface area contributed by atoms with Crippen molar-refractivity contribution in [2.24, 2.45) is 11.8 Å². The summed E-state index contributed by atoms with van der Waals surface area (Å²) in [4.78, 5) is 22.7. The van der Waals surface area contributed by atoms with Gasteiger partial charge >= 0.3 is 29.6 Å². The summed E-state index contributed by atoms with van der Waals surface area (Å²) in [6, 6.07) is 9.32. The van der Waals surface area contributed by atoms with Gasteiger partial charge in [0.25, 0.3) is 0 Å². The number of carbonyl (C=O) groups is 2. The van der Waals surface area contributed by atoms with Gasteiger partial charge in [0, 0.05) is 24.7 Å². The maximum absolute atomic E-state index is 11.7. The van der Waals surface area contributed by atoms with Crippen molar-refractivity contribution in [3.63, 3.8) is 0 Å². The molecule has 98 valence electrons. The molecule has 0 aliphatic rings. The van der Waals surface area contributed by atoms with Crippen LogP contribution in [0.4, 0.5) is 0 Å². The maximum atomic E-state index is 11.7. The number of hydrogen-bond acceptors (Lipinski definition) is 3. The molecule has 0 spiro atoms. The first-order chi connectivity index (χ1) is 8.49. The van der Waals surface area contributed by atoms with Crippen LogP contribution in [0.5, 0.6) is 0 Å². The molecule has 1 unspecified atom stereocenters. The summed E-state index contributed by atoms with van der Waals surface area (Å²) in [6.45, 7) is 3.90. The Morgan fingerprint density at radius 1 is 1.11 bits per heavy atom. The van der Waals surface area contributed by atoms with Crippen molar-refractivity contribution in [1.82, 2.24) is 0 Å². The molecule has 0 aliphatic heterocycles. The van der Waals surface area contributed by atoms with Crippen LogP contribution in [-0.2, 0) is 16.0 Å². The number of hydrogen-bond donors (Lipinski definition) is 0. The fourth-order valence-electron chi connectivity index (χ4n) is 1.95. The molecule has 0 aromatic heterocycles. The third kappa shape index (κ3) is 7.51. The van der Waals surface area contributed by atoms with Crippen molar-refractivity contribution in [2.75, 3.05) is 0 Å². The molecule has 0 saturated carbocycles. The normalized spacial score (nSPS) is 11.7. The van der Waals surface area contributed by atoms with E-state index in [2.05, 4.69) is 0 Å². The van der Waals surface area contributed by atoms with E-state index in [9.17, 15) is 14.7 Å². The fraction of sp³-hybridized carbons (Fsp3) is 0.467. The predicted octanol–water partition coefficient (Wildman–Crippen LogP) is -1.40. The van der Waals surface area contributed by atoms with E-state index in [0.717, 1.165) is 5.56 Å². The standard InChI is InChI=1S/C15H20O3.Na/c1-11(2)8-14(16)10-13(15(17)18)9-12-6-4-3-5-7-12;/h3-7,11,13H,8-10H2,1-2H3,(H,17,18);/q;+1/p-1. The van der Waals surface area contributed by atoms with Gasteiger partial charge in [-0.3, -0.25) is 4.79 Å². The van der Waals surface area contributed by atoms with E-state index in [0.29, 0.717) is 12.8 Å². The largest absolute Gasteiger partial charge is 1.00 e. The molecule has 3 nitrogen and oxygen atoms in total. The zero-order chi connectivity index (χ0) is 13.5. The summed E-state index contributed by atoms with van der Waals surface area (Å²) in [5.41, 5.74) is 0.920. The Morgan fingerprint density at radius 2 is 1.68 bits per heavy atom. The first-order valence-corrected chi connectivity index (χ1v) is 6.25. The molecule has 4 heteroatoms. The molecule has 1 aromatic carbocycles. The molecule has 1 rings (SSSR count). The number of benzene rings is 1. The third-order valence-corrected chi connectivity index (χ3v) is 2.77. The van der Waals surface area contributed by atoms with Crippen LogP contribution in [0.1, 0.15) is 32.3 Å². The summed E-state index contributed by atoms with van der Waals surface area (Å²) in [7, 11) is 0. The number of aliphatic carboxylic acids is 1. The van der Waals surface area contributed by atoms with Crippen LogP contribution in [0.3, 0.4) is 0 Å². The molecule has 0 saturated heterocycles. The Labute approximate surface area is 136 Å². The van der Waals surface area contributed by atoms with Crippen LogP contribution in [0.25, 0.3) is 0 Å². The number of Topliss-reactive ketones (excluding diaryl/α,β-unsaturated/α-hetero) is 1. The Morgan fingerprint density at radius 3 is 2.16 bits per heavy atom. The Hall–Kier alpha value is -0.640. The number of ketones is 1. The summed E-state index contributed by atoms with van der Waals surface area (Å²) in [5.74, 6) is -1.61. The van der Waals surface area contributed by atoms with Crippen molar-refractivity contribution in [1.29, 1.82) is 0 Å². The van der Waals surface area contributed by atoms with Gasteiger partial charge in [-0.05, 0) is 17.9 Å². The monoisotopic (exact) mass is 270 g/mol. The zero-order valence-corrected chi connectivity index (χ0v) is 13.9.